The number of rotatable bonds is 4. The average molecular weight is 285 g/mol. The second-order valence-electron chi connectivity index (χ2n) is 4.71. The van der Waals surface area contributed by atoms with Crippen molar-refractivity contribution in [2.45, 2.75) is 45.6 Å². The summed E-state index contributed by atoms with van der Waals surface area (Å²) in [6.07, 6.45) is 3.17. The molecule has 0 fully saturated rings. The van der Waals surface area contributed by atoms with Gasteiger partial charge in [-0.15, -0.1) is 0 Å². The monoisotopic (exact) mass is 284 g/mol. The summed E-state index contributed by atoms with van der Waals surface area (Å²) in [5, 5.41) is 11.0. The van der Waals surface area contributed by atoms with Gasteiger partial charge in [-0.3, -0.25) is 0 Å². The van der Waals surface area contributed by atoms with Crippen molar-refractivity contribution in [1.29, 1.82) is 0 Å². The zero-order chi connectivity index (χ0) is 13.8. The van der Waals surface area contributed by atoms with E-state index in [0.717, 1.165) is 36.8 Å². The molecule has 1 N–H and O–H groups in total. The molecule has 106 valence electrons. The van der Waals surface area contributed by atoms with Gasteiger partial charge in [0.2, 0.25) is 0 Å². The molecule has 0 aliphatic heterocycles. The summed E-state index contributed by atoms with van der Waals surface area (Å²) >= 11 is 6.35. The third-order valence-electron chi connectivity index (χ3n) is 3.42. The molecule has 0 saturated carbocycles. The largest absolute Gasteiger partial charge is 0.490 e. The van der Waals surface area contributed by atoms with Crippen molar-refractivity contribution in [2.75, 3.05) is 13.2 Å². The van der Waals surface area contributed by atoms with Crippen LogP contribution in [0.1, 0.15) is 50.3 Å². The lowest BCUT2D eigenvalue weighted by atomic mass is 9.99. The van der Waals surface area contributed by atoms with E-state index in [0.29, 0.717) is 29.7 Å². The van der Waals surface area contributed by atoms with E-state index in [4.69, 9.17) is 21.1 Å². The summed E-state index contributed by atoms with van der Waals surface area (Å²) < 4.78 is 11.3. The first-order valence-corrected chi connectivity index (χ1v) is 7.35. The van der Waals surface area contributed by atoms with Gasteiger partial charge in [-0.05, 0) is 38.7 Å². The van der Waals surface area contributed by atoms with Crippen LogP contribution in [0.5, 0.6) is 11.5 Å². The highest BCUT2D eigenvalue weighted by atomic mass is 35.5. The van der Waals surface area contributed by atoms with E-state index in [1.165, 1.54) is 0 Å². The van der Waals surface area contributed by atoms with Crippen LogP contribution in [0, 0.1) is 0 Å². The standard InChI is InChI=1S/C15H21ClO3/c1-3-18-13-9-11(16)10-7-5-6-8-12(17)14(10)15(13)19-4-2/h9,12,17H,3-8H2,1-2H3/t12-/m1/s1. The maximum Gasteiger partial charge on any atom is 0.167 e. The molecule has 0 aromatic heterocycles. The molecule has 0 saturated heterocycles. The molecule has 1 aromatic rings. The second kappa shape index (κ2) is 6.49. The predicted molar refractivity (Wildman–Crippen MR) is 76.3 cm³/mol. The Balaban J connectivity index is 2.58. The minimum Gasteiger partial charge on any atom is -0.490 e. The lowest BCUT2D eigenvalue weighted by molar-refractivity contribution is 0.159. The molecular weight excluding hydrogens is 264 g/mol. The quantitative estimate of drug-likeness (QED) is 0.852. The Morgan fingerprint density at radius 3 is 2.68 bits per heavy atom. The number of halogens is 1. The molecule has 4 heteroatoms. The Hall–Kier alpha value is -0.930. The first kappa shape index (κ1) is 14.5. The van der Waals surface area contributed by atoms with Crippen LogP contribution in [0.25, 0.3) is 0 Å². The van der Waals surface area contributed by atoms with E-state index < -0.39 is 6.10 Å². The van der Waals surface area contributed by atoms with Gasteiger partial charge in [0, 0.05) is 16.7 Å². The predicted octanol–water partition coefficient (Wildman–Crippen LogP) is 3.90. The van der Waals surface area contributed by atoms with Gasteiger partial charge >= 0.3 is 0 Å². The van der Waals surface area contributed by atoms with Crippen LogP contribution in [0.15, 0.2) is 6.07 Å². The third kappa shape index (κ3) is 2.98. The molecule has 1 aliphatic carbocycles. The number of aliphatic hydroxyl groups is 1. The van der Waals surface area contributed by atoms with E-state index >= 15 is 0 Å². The Kier molecular flexibility index (Phi) is 4.94. The van der Waals surface area contributed by atoms with Gasteiger partial charge in [-0.25, -0.2) is 0 Å². The van der Waals surface area contributed by atoms with Crippen LogP contribution in [0.4, 0.5) is 0 Å². The highest BCUT2D eigenvalue weighted by molar-refractivity contribution is 6.31. The van der Waals surface area contributed by atoms with Gasteiger partial charge in [-0.1, -0.05) is 18.0 Å². The number of hydrogen-bond acceptors (Lipinski definition) is 3. The fraction of sp³-hybridized carbons (Fsp3) is 0.600. The minimum atomic E-state index is -0.517. The Bertz CT molecular complexity index is 446. The molecule has 1 aliphatic rings. The molecule has 2 rings (SSSR count). The molecular formula is C15H21ClO3. The van der Waals surface area contributed by atoms with Crippen molar-refractivity contribution < 1.29 is 14.6 Å². The number of ether oxygens (including phenoxy) is 2. The maximum absolute atomic E-state index is 10.4. The highest BCUT2D eigenvalue weighted by Crippen LogP contribution is 2.45. The molecule has 3 nitrogen and oxygen atoms in total. The summed E-state index contributed by atoms with van der Waals surface area (Å²) in [5.41, 5.74) is 1.84. The number of benzene rings is 1. The molecule has 0 heterocycles. The fourth-order valence-corrected chi connectivity index (χ4v) is 2.91. The lowest BCUT2D eigenvalue weighted by Crippen LogP contribution is -2.08. The topological polar surface area (TPSA) is 38.7 Å². The molecule has 0 spiro atoms. The highest BCUT2D eigenvalue weighted by Gasteiger charge is 2.26. The lowest BCUT2D eigenvalue weighted by Gasteiger charge is -2.21. The van der Waals surface area contributed by atoms with Crippen LogP contribution in [0.2, 0.25) is 5.02 Å². The normalized spacial score (nSPS) is 18.6. The third-order valence-corrected chi connectivity index (χ3v) is 3.75. The number of fused-ring (bicyclic) bond motifs is 1. The number of hydrogen-bond donors (Lipinski definition) is 1. The van der Waals surface area contributed by atoms with E-state index in [1.54, 1.807) is 0 Å². The summed E-state index contributed by atoms with van der Waals surface area (Å²) in [7, 11) is 0. The Morgan fingerprint density at radius 1 is 1.26 bits per heavy atom. The van der Waals surface area contributed by atoms with Gasteiger partial charge < -0.3 is 14.6 Å². The first-order valence-electron chi connectivity index (χ1n) is 6.97. The van der Waals surface area contributed by atoms with Crippen LogP contribution < -0.4 is 9.47 Å². The molecule has 0 unspecified atom stereocenters. The van der Waals surface area contributed by atoms with Crippen LogP contribution in [-0.4, -0.2) is 18.3 Å². The smallest absolute Gasteiger partial charge is 0.167 e. The van der Waals surface area contributed by atoms with E-state index in [2.05, 4.69) is 0 Å². The van der Waals surface area contributed by atoms with Crippen molar-refractivity contribution in [3.8, 4) is 11.5 Å². The molecule has 19 heavy (non-hydrogen) atoms. The molecule has 1 aromatic carbocycles. The summed E-state index contributed by atoms with van der Waals surface area (Å²) in [5.74, 6) is 1.30. The van der Waals surface area contributed by atoms with Crippen molar-refractivity contribution in [1.82, 2.24) is 0 Å². The molecule has 1 atom stereocenters. The van der Waals surface area contributed by atoms with E-state index in [9.17, 15) is 5.11 Å². The fourth-order valence-electron chi connectivity index (χ4n) is 2.61. The summed E-state index contributed by atoms with van der Waals surface area (Å²) in [6, 6.07) is 1.81. The van der Waals surface area contributed by atoms with Gasteiger partial charge in [0.25, 0.3) is 0 Å². The first-order chi connectivity index (χ1) is 9.19. The second-order valence-corrected chi connectivity index (χ2v) is 5.11. The average Bonchev–Trinajstić information content (AvgIpc) is 2.57. The Labute approximate surface area is 119 Å². The minimum absolute atomic E-state index is 0.517. The zero-order valence-electron chi connectivity index (χ0n) is 11.5. The van der Waals surface area contributed by atoms with E-state index in [-0.39, 0.29) is 0 Å². The molecule has 0 bridgehead atoms. The zero-order valence-corrected chi connectivity index (χ0v) is 12.3. The van der Waals surface area contributed by atoms with Crippen molar-refractivity contribution >= 4 is 11.6 Å². The number of aliphatic hydroxyl groups excluding tert-OH is 1. The van der Waals surface area contributed by atoms with Gasteiger partial charge in [-0.2, -0.15) is 0 Å². The maximum atomic E-state index is 10.4. The van der Waals surface area contributed by atoms with Crippen molar-refractivity contribution in [3.63, 3.8) is 0 Å². The van der Waals surface area contributed by atoms with Crippen LogP contribution in [-0.2, 0) is 6.42 Å². The van der Waals surface area contributed by atoms with Gasteiger partial charge in [0.15, 0.2) is 11.5 Å². The van der Waals surface area contributed by atoms with Crippen LogP contribution >= 0.6 is 11.6 Å². The SMILES string of the molecule is CCOc1cc(Cl)c2c(c1OCC)[C@H](O)CCCC2. The summed E-state index contributed by atoms with van der Waals surface area (Å²) in [6.45, 7) is 4.94. The van der Waals surface area contributed by atoms with Gasteiger partial charge in [0.1, 0.15) is 0 Å². The van der Waals surface area contributed by atoms with Crippen LogP contribution in [0.3, 0.4) is 0 Å². The van der Waals surface area contributed by atoms with Crippen molar-refractivity contribution in [2.24, 2.45) is 0 Å². The summed E-state index contributed by atoms with van der Waals surface area (Å²) in [4.78, 5) is 0. The molecule has 0 amide bonds. The van der Waals surface area contributed by atoms with Crippen molar-refractivity contribution in [3.05, 3.63) is 22.2 Å². The van der Waals surface area contributed by atoms with Gasteiger partial charge in [0.05, 0.1) is 19.3 Å². The Morgan fingerprint density at radius 2 is 2.00 bits per heavy atom. The molecule has 0 radical (unpaired) electrons. The van der Waals surface area contributed by atoms with E-state index in [1.807, 2.05) is 19.9 Å².